The van der Waals surface area contributed by atoms with Crippen LogP contribution in [0, 0.1) is 0 Å². The van der Waals surface area contributed by atoms with E-state index in [9.17, 15) is 9.59 Å². The molecule has 0 aliphatic carbocycles. The fourth-order valence-electron chi connectivity index (χ4n) is 3.14. The average molecular weight is 357 g/mol. The van der Waals surface area contributed by atoms with Crippen LogP contribution in [0.15, 0.2) is 24.8 Å². The third kappa shape index (κ3) is 4.04. The minimum absolute atomic E-state index is 0.0788. The number of hydrogen-bond donors (Lipinski definition) is 0. The van der Waals surface area contributed by atoms with Gasteiger partial charge in [-0.05, 0) is 25.7 Å². The van der Waals surface area contributed by atoms with Crippen LogP contribution in [0.2, 0.25) is 0 Å². The van der Waals surface area contributed by atoms with Crippen molar-refractivity contribution in [3.63, 3.8) is 0 Å². The van der Waals surface area contributed by atoms with Crippen LogP contribution in [-0.2, 0) is 6.54 Å². The van der Waals surface area contributed by atoms with E-state index in [2.05, 4.69) is 20.3 Å². The lowest BCUT2D eigenvalue weighted by Crippen LogP contribution is -2.44. The predicted octanol–water partition coefficient (Wildman–Crippen LogP) is 0.855. The molecule has 3 rings (SSSR count). The zero-order valence-corrected chi connectivity index (χ0v) is 15.1. The third-order valence-electron chi connectivity index (χ3n) is 4.53. The molecule has 2 aromatic heterocycles. The smallest absolute Gasteiger partial charge is 0.275 e. The summed E-state index contributed by atoms with van der Waals surface area (Å²) in [7, 11) is 3.36. The maximum Gasteiger partial charge on any atom is 0.275 e. The highest BCUT2D eigenvalue weighted by molar-refractivity contribution is 5.92. The SMILES string of the molecule is CN(C)C(=O)c1cn(CCC2CCCCN2C(=O)c2cnccn2)nn1. The molecule has 0 bridgehead atoms. The highest BCUT2D eigenvalue weighted by Crippen LogP contribution is 2.22. The lowest BCUT2D eigenvalue weighted by atomic mass is 9.99. The van der Waals surface area contributed by atoms with Crippen molar-refractivity contribution >= 4 is 11.8 Å². The maximum atomic E-state index is 12.7. The molecule has 2 amide bonds. The van der Waals surface area contributed by atoms with Crippen molar-refractivity contribution in [2.45, 2.75) is 38.3 Å². The quantitative estimate of drug-likeness (QED) is 0.787. The number of piperidine rings is 1. The first-order valence-electron chi connectivity index (χ1n) is 8.75. The number of amides is 2. The maximum absolute atomic E-state index is 12.7. The summed E-state index contributed by atoms with van der Waals surface area (Å²) in [6, 6.07) is 0.121. The first-order chi connectivity index (χ1) is 12.6. The molecule has 9 heteroatoms. The standard InChI is InChI=1S/C17H23N7O2/c1-22(2)16(25)15-12-23(21-20-15)10-6-13-5-3-4-9-24(13)17(26)14-11-18-7-8-19-14/h7-8,11-13H,3-6,9-10H2,1-2H3. The summed E-state index contributed by atoms with van der Waals surface area (Å²) in [6.07, 6.45) is 10.0. The van der Waals surface area contributed by atoms with Crippen LogP contribution in [0.4, 0.5) is 0 Å². The van der Waals surface area contributed by atoms with E-state index in [-0.39, 0.29) is 17.9 Å². The van der Waals surface area contributed by atoms with E-state index in [0.717, 1.165) is 32.2 Å². The minimum Gasteiger partial charge on any atom is -0.343 e. The number of hydrogen-bond acceptors (Lipinski definition) is 6. The summed E-state index contributed by atoms with van der Waals surface area (Å²) in [6.45, 7) is 1.32. The summed E-state index contributed by atoms with van der Waals surface area (Å²) < 4.78 is 1.66. The van der Waals surface area contributed by atoms with E-state index in [1.807, 2.05) is 4.90 Å². The first kappa shape index (κ1) is 18.0. The number of aryl methyl sites for hydroxylation is 1. The van der Waals surface area contributed by atoms with E-state index in [1.165, 1.54) is 17.3 Å². The molecule has 26 heavy (non-hydrogen) atoms. The molecule has 1 fully saturated rings. The van der Waals surface area contributed by atoms with Gasteiger partial charge in [0, 0.05) is 45.6 Å². The molecule has 0 radical (unpaired) electrons. The number of nitrogens with zero attached hydrogens (tertiary/aromatic N) is 7. The molecule has 1 saturated heterocycles. The molecule has 1 atom stereocenters. The van der Waals surface area contributed by atoms with Crippen molar-refractivity contribution in [3.8, 4) is 0 Å². The Labute approximate surface area is 152 Å². The van der Waals surface area contributed by atoms with Crippen LogP contribution < -0.4 is 0 Å². The van der Waals surface area contributed by atoms with Gasteiger partial charge in [-0.3, -0.25) is 19.3 Å². The van der Waals surface area contributed by atoms with Gasteiger partial charge in [0.15, 0.2) is 5.69 Å². The summed E-state index contributed by atoms with van der Waals surface area (Å²) in [4.78, 5) is 36.1. The van der Waals surface area contributed by atoms with Crippen LogP contribution in [0.25, 0.3) is 0 Å². The molecule has 3 heterocycles. The Bertz CT molecular complexity index is 759. The molecule has 0 spiro atoms. The lowest BCUT2D eigenvalue weighted by molar-refractivity contribution is 0.0587. The Morgan fingerprint density at radius 3 is 2.81 bits per heavy atom. The Morgan fingerprint density at radius 1 is 1.23 bits per heavy atom. The van der Waals surface area contributed by atoms with Crippen LogP contribution in [0.5, 0.6) is 0 Å². The molecule has 0 saturated carbocycles. The number of rotatable bonds is 5. The second-order valence-corrected chi connectivity index (χ2v) is 6.59. The summed E-state index contributed by atoms with van der Waals surface area (Å²) in [5.41, 5.74) is 0.699. The second-order valence-electron chi connectivity index (χ2n) is 6.59. The Kier molecular flexibility index (Phi) is 5.55. The number of carbonyl (C=O) groups excluding carboxylic acids is 2. The highest BCUT2D eigenvalue weighted by Gasteiger charge is 2.28. The largest absolute Gasteiger partial charge is 0.343 e. The van der Waals surface area contributed by atoms with Crippen molar-refractivity contribution in [2.24, 2.45) is 0 Å². The van der Waals surface area contributed by atoms with Gasteiger partial charge in [0.05, 0.1) is 12.4 Å². The molecule has 1 aliphatic heterocycles. The Hall–Kier alpha value is -2.84. The Morgan fingerprint density at radius 2 is 2.08 bits per heavy atom. The number of carbonyl (C=O) groups is 2. The number of likely N-dealkylation sites (tertiary alicyclic amines) is 1. The van der Waals surface area contributed by atoms with Crippen molar-refractivity contribution in [3.05, 3.63) is 36.2 Å². The molecule has 0 N–H and O–H groups in total. The second kappa shape index (κ2) is 8.03. The van der Waals surface area contributed by atoms with Gasteiger partial charge >= 0.3 is 0 Å². The average Bonchev–Trinajstić information content (AvgIpc) is 3.15. The molecule has 9 nitrogen and oxygen atoms in total. The van der Waals surface area contributed by atoms with Gasteiger partial charge in [-0.25, -0.2) is 4.98 Å². The summed E-state index contributed by atoms with van der Waals surface area (Å²) in [5, 5.41) is 7.95. The van der Waals surface area contributed by atoms with E-state index < -0.39 is 0 Å². The monoisotopic (exact) mass is 357 g/mol. The van der Waals surface area contributed by atoms with Gasteiger partial charge < -0.3 is 9.80 Å². The molecule has 1 unspecified atom stereocenters. The van der Waals surface area contributed by atoms with E-state index >= 15 is 0 Å². The van der Waals surface area contributed by atoms with Crippen LogP contribution in [0.1, 0.15) is 46.7 Å². The van der Waals surface area contributed by atoms with Crippen LogP contribution in [-0.4, -0.2) is 73.3 Å². The number of aromatic nitrogens is 5. The molecular formula is C17H23N7O2. The molecule has 0 aromatic carbocycles. The molecule has 1 aliphatic rings. The highest BCUT2D eigenvalue weighted by atomic mass is 16.2. The molecule has 2 aromatic rings. The van der Waals surface area contributed by atoms with E-state index in [0.29, 0.717) is 17.9 Å². The van der Waals surface area contributed by atoms with Gasteiger partial charge in [0.1, 0.15) is 5.69 Å². The first-order valence-corrected chi connectivity index (χ1v) is 8.75. The van der Waals surface area contributed by atoms with Crippen LogP contribution in [0.3, 0.4) is 0 Å². The van der Waals surface area contributed by atoms with Gasteiger partial charge in [0.25, 0.3) is 11.8 Å². The predicted molar refractivity (Wildman–Crippen MR) is 93.4 cm³/mol. The van der Waals surface area contributed by atoms with Crippen LogP contribution >= 0.6 is 0 Å². The zero-order chi connectivity index (χ0) is 18.5. The van der Waals surface area contributed by atoms with Gasteiger partial charge in [-0.2, -0.15) is 0 Å². The summed E-state index contributed by atoms with van der Waals surface area (Å²) in [5.74, 6) is -0.252. The van der Waals surface area contributed by atoms with Gasteiger partial charge in [0.2, 0.25) is 0 Å². The molecule has 138 valence electrons. The fourth-order valence-corrected chi connectivity index (χ4v) is 3.14. The van der Waals surface area contributed by atoms with E-state index in [1.54, 1.807) is 31.2 Å². The van der Waals surface area contributed by atoms with Crippen molar-refractivity contribution in [1.82, 2.24) is 34.8 Å². The minimum atomic E-state index is -0.173. The molecular weight excluding hydrogens is 334 g/mol. The lowest BCUT2D eigenvalue weighted by Gasteiger charge is -2.35. The normalized spacial score (nSPS) is 17.2. The van der Waals surface area contributed by atoms with Gasteiger partial charge in [-0.15, -0.1) is 5.10 Å². The zero-order valence-electron chi connectivity index (χ0n) is 15.1. The Balaban J connectivity index is 1.64. The van der Waals surface area contributed by atoms with Crippen molar-refractivity contribution in [2.75, 3.05) is 20.6 Å². The van der Waals surface area contributed by atoms with E-state index in [4.69, 9.17) is 0 Å². The third-order valence-corrected chi connectivity index (χ3v) is 4.53. The van der Waals surface area contributed by atoms with Crippen molar-refractivity contribution < 1.29 is 9.59 Å². The fraction of sp³-hybridized carbons (Fsp3) is 0.529. The summed E-state index contributed by atoms with van der Waals surface area (Å²) >= 11 is 0. The topological polar surface area (TPSA) is 97.1 Å². The van der Waals surface area contributed by atoms with Gasteiger partial charge in [-0.1, -0.05) is 5.21 Å². The van der Waals surface area contributed by atoms with Crippen molar-refractivity contribution in [1.29, 1.82) is 0 Å².